The van der Waals surface area contributed by atoms with Gasteiger partial charge >= 0.3 is 0 Å². The minimum atomic E-state index is -2.81. The summed E-state index contributed by atoms with van der Waals surface area (Å²) in [5.74, 6) is -0.359. The van der Waals surface area contributed by atoms with E-state index >= 15 is 0 Å². The molecule has 5 rings (SSSR count). The second-order valence-electron chi connectivity index (χ2n) is 9.60. The van der Waals surface area contributed by atoms with E-state index in [4.69, 9.17) is 0 Å². The van der Waals surface area contributed by atoms with Gasteiger partial charge < -0.3 is 10.2 Å². The van der Waals surface area contributed by atoms with Gasteiger partial charge in [-0.05, 0) is 31.4 Å². The number of alkyl halides is 2. The summed E-state index contributed by atoms with van der Waals surface area (Å²) >= 11 is 0. The number of carbonyl (C=O) groups excluding carboxylic acids is 2. The minimum Gasteiger partial charge on any atom is -0.343 e. The number of halogens is 2. The number of likely N-dealkylation sites (tertiary alicyclic amines) is 2. The molecule has 0 radical (unpaired) electrons. The lowest BCUT2D eigenvalue weighted by Crippen LogP contribution is -2.56. The molecule has 1 unspecified atom stereocenters. The van der Waals surface area contributed by atoms with E-state index in [9.17, 15) is 18.4 Å². The molecule has 2 aromatic rings. The van der Waals surface area contributed by atoms with Crippen molar-refractivity contribution >= 4 is 17.5 Å². The number of pyridine rings is 1. The van der Waals surface area contributed by atoms with Crippen molar-refractivity contribution in [2.45, 2.75) is 57.2 Å². The molecule has 1 atom stereocenters. The van der Waals surface area contributed by atoms with Crippen LogP contribution < -0.4 is 16.2 Å². The van der Waals surface area contributed by atoms with Gasteiger partial charge in [0.05, 0.1) is 23.5 Å². The maximum Gasteiger partial charge on any atom is 0.284 e. The maximum atomic E-state index is 13.7. The Hall–Kier alpha value is -2.96. The summed E-state index contributed by atoms with van der Waals surface area (Å²) in [6.07, 6.45) is 1.88. The number of hydrazine groups is 1. The molecule has 2 amide bonds. The molecule has 2 aromatic heterocycles. The van der Waals surface area contributed by atoms with Crippen LogP contribution in [0.15, 0.2) is 24.4 Å². The third-order valence-corrected chi connectivity index (χ3v) is 7.31. The lowest BCUT2D eigenvalue weighted by Gasteiger charge is -2.47. The summed E-state index contributed by atoms with van der Waals surface area (Å²) in [5, 5.41) is 6.71. The fraction of sp³-hybridized carbons (Fsp3) is 0.583. The maximum absolute atomic E-state index is 13.7. The first-order valence-corrected chi connectivity index (χ1v) is 12.6. The van der Waals surface area contributed by atoms with Crippen LogP contribution in [-0.4, -0.2) is 75.1 Å². The Morgan fingerprint density at radius 1 is 1.17 bits per heavy atom. The van der Waals surface area contributed by atoms with E-state index in [1.165, 1.54) is 6.20 Å². The van der Waals surface area contributed by atoms with Gasteiger partial charge in [0.25, 0.3) is 12.3 Å². The van der Waals surface area contributed by atoms with Crippen LogP contribution in [0.1, 0.15) is 73.0 Å². The van der Waals surface area contributed by atoms with E-state index in [-0.39, 0.29) is 29.4 Å². The van der Waals surface area contributed by atoms with Gasteiger partial charge in [0.1, 0.15) is 5.69 Å². The number of hydrogen-bond donors (Lipinski definition) is 3. The van der Waals surface area contributed by atoms with E-state index < -0.39 is 18.0 Å². The number of nitrogens with one attached hydrogen (secondary N) is 3. The standard InChI is InChI=1S/C24H32F2N8O2/c1-2-21(35)32-10-7-15(8-11-32)33-12-16(13-33)34-14-20(22(31-34)23(25)26)29-24(36)19-5-3-4-17(28-19)18-6-9-27-30-18/h3-5,14-16,18,23,27,30H,2,6-13H2,1H3,(H,29,36). The van der Waals surface area contributed by atoms with Crippen molar-refractivity contribution in [3.05, 3.63) is 41.5 Å². The molecule has 10 nitrogen and oxygen atoms in total. The van der Waals surface area contributed by atoms with Crippen LogP contribution in [0.4, 0.5) is 14.5 Å². The molecule has 0 spiro atoms. The molecular weight excluding hydrogens is 470 g/mol. The summed E-state index contributed by atoms with van der Waals surface area (Å²) in [4.78, 5) is 33.4. The van der Waals surface area contributed by atoms with Gasteiger partial charge in [0.15, 0.2) is 5.69 Å². The normalized spacial score (nSPS) is 21.7. The topological polar surface area (TPSA) is 107 Å². The Kier molecular flexibility index (Phi) is 7.26. The average Bonchev–Trinajstić information content (AvgIpc) is 3.54. The molecule has 0 bridgehead atoms. The van der Waals surface area contributed by atoms with Crippen molar-refractivity contribution in [2.24, 2.45) is 0 Å². The second kappa shape index (κ2) is 10.6. The fourth-order valence-corrected chi connectivity index (χ4v) is 5.17. The number of amides is 2. The highest BCUT2D eigenvalue weighted by Gasteiger charge is 2.37. The summed E-state index contributed by atoms with van der Waals surface area (Å²) in [7, 11) is 0. The molecule has 3 saturated heterocycles. The second-order valence-corrected chi connectivity index (χ2v) is 9.60. The molecule has 194 valence electrons. The van der Waals surface area contributed by atoms with Crippen molar-refractivity contribution in [1.82, 2.24) is 35.4 Å². The Labute approximate surface area is 208 Å². The predicted octanol–water partition coefficient (Wildman–Crippen LogP) is 2.26. The smallest absolute Gasteiger partial charge is 0.284 e. The third kappa shape index (κ3) is 5.11. The van der Waals surface area contributed by atoms with Crippen LogP contribution in [0.5, 0.6) is 0 Å². The van der Waals surface area contributed by atoms with E-state index in [2.05, 4.69) is 31.2 Å². The SMILES string of the molecule is CCC(=O)N1CCC(N2CC(n3cc(NC(=O)c4cccc(C5CCNN5)n4)c(C(F)F)n3)C2)CC1. The Morgan fingerprint density at radius 2 is 1.94 bits per heavy atom. The van der Waals surface area contributed by atoms with Crippen molar-refractivity contribution in [1.29, 1.82) is 0 Å². The first-order valence-electron chi connectivity index (χ1n) is 12.6. The minimum absolute atomic E-state index is 0.00180. The highest BCUT2D eigenvalue weighted by atomic mass is 19.3. The first kappa shape index (κ1) is 24.7. The van der Waals surface area contributed by atoms with Crippen molar-refractivity contribution in [2.75, 3.05) is 38.0 Å². The molecule has 5 heterocycles. The largest absolute Gasteiger partial charge is 0.343 e. The van der Waals surface area contributed by atoms with E-state index in [1.54, 1.807) is 16.8 Å². The number of anilines is 1. The summed E-state index contributed by atoms with van der Waals surface area (Å²) in [6, 6.07) is 5.48. The number of piperidine rings is 1. The van der Waals surface area contributed by atoms with E-state index in [0.717, 1.165) is 44.6 Å². The summed E-state index contributed by atoms with van der Waals surface area (Å²) in [5.41, 5.74) is 6.58. The molecule has 0 aromatic carbocycles. The zero-order chi connectivity index (χ0) is 25.2. The fourth-order valence-electron chi connectivity index (χ4n) is 5.17. The van der Waals surface area contributed by atoms with Crippen molar-refractivity contribution in [3.63, 3.8) is 0 Å². The predicted molar refractivity (Wildman–Crippen MR) is 128 cm³/mol. The third-order valence-electron chi connectivity index (χ3n) is 7.31. The van der Waals surface area contributed by atoms with E-state index in [0.29, 0.717) is 25.6 Å². The van der Waals surface area contributed by atoms with Crippen LogP contribution in [0.2, 0.25) is 0 Å². The van der Waals surface area contributed by atoms with Gasteiger partial charge in [-0.3, -0.25) is 24.6 Å². The molecule has 12 heteroatoms. The number of carbonyl (C=O) groups is 2. The molecule has 3 fully saturated rings. The Balaban J connectivity index is 1.21. The molecule has 3 N–H and O–H groups in total. The van der Waals surface area contributed by atoms with Gasteiger partial charge in [-0.25, -0.2) is 19.2 Å². The molecule has 0 saturated carbocycles. The highest BCUT2D eigenvalue weighted by Crippen LogP contribution is 2.32. The molecule has 0 aliphatic carbocycles. The van der Waals surface area contributed by atoms with E-state index in [1.807, 2.05) is 17.9 Å². The zero-order valence-electron chi connectivity index (χ0n) is 20.3. The molecular formula is C24H32F2N8O2. The van der Waals surface area contributed by atoms with Crippen molar-refractivity contribution in [3.8, 4) is 0 Å². The van der Waals surface area contributed by atoms with Gasteiger partial charge in [0.2, 0.25) is 5.91 Å². The van der Waals surface area contributed by atoms with Gasteiger partial charge in [0, 0.05) is 51.4 Å². The van der Waals surface area contributed by atoms with Crippen LogP contribution in [-0.2, 0) is 4.79 Å². The number of aromatic nitrogens is 3. The van der Waals surface area contributed by atoms with Gasteiger partial charge in [-0.15, -0.1) is 0 Å². The van der Waals surface area contributed by atoms with Crippen LogP contribution in [0, 0.1) is 0 Å². The van der Waals surface area contributed by atoms with Crippen molar-refractivity contribution < 1.29 is 18.4 Å². The average molecular weight is 503 g/mol. The summed E-state index contributed by atoms with van der Waals surface area (Å²) < 4.78 is 29.0. The number of hydrogen-bond acceptors (Lipinski definition) is 7. The molecule has 36 heavy (non-hydrogen) atoms. The van der Waals surface area contributed by atoms with Gasteiger partial charge in [-0.2, -0.15) is 5.10 Å². The number of nitrogens with zero attached hydrogens (tertiary/aromatic N) is 5. The van der Waals surface area contributed by atoms with Crippen LogP contribution >= 0.6 is 0 Å². The molecule has 3 aliphatic heterocycles. The van der Waals surface area contributed by atoms with Crippen LogP contribution in [0.25, 0.3) is 0 Å². The lowest BCUT2D eigenvalue weighted by atomic mass is 9.97. The monoisotopic (exact) mass is 502 g/mol. The quantitative estimate of drug-likeness (QED) is 0.533. The zero-order valence-corrected chi connectivity index (χ0v) is 20.3. The molecule has 3 aliphatic rings. The van der Waals surface area contributed by atoms with Gasteiger partial charge in [-0.1, -0.05) is 13.0 Å². The Bertz CT molecular complexity index is 1090. The number of rotatable bonds is 7. The lowest BCUT2D eigenvalue weighted by molar-refractivity contribution is -0.132. The van der Waals surface area contributed by atoms with Crippen LogP contribution in [0.3, 0.4) is 0 Å². The summed E-state index contributed by atoms with van der Waals surface area (Å²) in [6.45, 7) is 5.60. The Morgan fingerprint density at radius 3 is 2.61 bits per heavy atom. The first-order chi connectivity index (χ1) is 17.4. The highest BCUT2D eigenvalue weighted by molar-refractivity contribution is 6.03.